The molecule has 0 aromatic rings. The topological polar surface area (TPSA) is 33.6 Å². The average Bonchev–Trinajstić information content (AvgIpc) is 2.68. The molecule has 1 fully saturated rings. The van der Waals surface area contributed by atoms with Gasteiger partial charge in [-0.1, -0.05) is 25.6 Å². The number of aliphatic imine (C=N–C) groups is 1. The van der Waals surface area contributed by atoms with Crippen LogP contribution in [0.5, 0.6) is 0 Å². The predicted molar refractivity (Wildman–Crippen MR) is 65.5 cm³/mol. The molecule has 1 N–H and O–H groups in total. The Labute approximate surface area is 96.1 Å². The smallest absolute Gasteiger partial charge is 0.157 e. The summed E-state index contributed by atoms with van der Waals surface area (Å²) in [6, 6.07) is 1.09. The highest BCUT2D eigenvalue weighted by molar-refractivity contribution is 8.14. The molecule has 0 aromatic heterocycles. The third kappa shape index (κ3) is 3.11. The molecule has 0 amide bonds. The van der Waals surface area contributed by atoms with E-state index in [4.69, 9.17) is 9.73 Å². The first-order valence-corrected chi connectivity index (χ1v) is 6.79. The second-order valence-corrected chi connectivity index (χ2v) is 5.60. The van der Waals surface area contributed by atoms with Crippen LogP contribution < -0.4 is 5.32 Å². The molecule has 0 spiro atoms. The van der Waals surface area contributed by atoms with Gasteiger partial charge in [-0.2, -0.15) is 0 Å². The molecule has 1 atom stereocenters. The monoisotopic (exact) mass is 228 g/mol. The Balaban J connectivity index is 1.81. The van der Waals surface area contributed by atoms with Gasteiger partial charge in [0, 0.05) is 25.0 Å². The number of ether oxygens (including phenoxy) is 1. The molecular formula is C11H20N2OS. The number of rotatable bonds is 2. The molecular weight excluding hydrogens is 208 g/mol. The Morgan fingerprint density at radius 1 is 1.40 bits per heavy atom. The first-order valence-electron chi connectivity index (χ1n) is 5.80. The number of hydrogen-bond donors (Lipinski definition) is 1. The normalized spacial score (nSPS) is 28.2. The Morgan fingerprint density at radius 2 is 2.13 bits per heavy atom. The van der Waals surface area contributed by atoms with Crippen LogP contribution in [0, 0.1) is 5.92 Å². The number of thioether (sulfide) groups is 1. The zero-order chi connectivity index (χ0) is 10.7. The number of nitrogens with one attached hydrogen (secondary N) is 1. The van der Waals surface area contributed by atoms with Gasteiger partial charge in [-0.3, -0.25) is 4.99 Å². The highest BCUT2D eigenvalue weighted by Gasteiger charge is 2.23. The van der Waals surface area contributed by atoms with Gasteiger partial charge in [-0.15, -0.1) is 0 Å². The number of nitrogens with zero attached hydrogens (tertiary/aromatic N) is 1. The van der Waals surface area contributed by atoms with E-state index in [0.29, 0.717) is 18.0 Å². The summed E-state index contributed by atoms with van der Waals surface area (Å²) < 4.78 is 5.34. The molecule has 0 radical (unpaired) electrons. The summed E-state index contributed by atoms with van der Waals surface area (Å²) in [5, 5.41) is 4.69. The van der Waals surface area contributed by atoms with Crippen molar-refractivity contribution in [1.82, 2.24) is 5.32 Å². The van der Waals surface area contributed by atoms with Crippen LogP contribution in [0.25, 0.3) is 0 Å². The fraction of sp³-hybridized carbons (Fsp3) is 0.909. The van der Waals surface area contributed by atoms with Crippen molar-refractivity contribution in [3.05, 3.63) is 0 Å². The second kappa shape index (κ2) is 5.21. The van der Waals surface area contributed by atoms with Crippen molar-refractivity contribution in [2.75, 3.05) is 19.0 Å². The minimum absolute atomic E-state index is 0.511. The molecule has 0 aliphatic carbocycles. The van der Waals surface area contributed by atoms with E-state index in [1.54, 1.807) is 0 Å². The van der Waals surface area contributed by atoms with E-state index in [1.165, 1.54) is 0 Å². The third-order valence-corrected chi connectivity index (χ3v) is 4.00. The van der Waals surface area contributed by atoms with Crippen molar-refractivity contribution in [1.29, 1.82) is 0 Å². The second-order valence-electron chi connectivity index (χ2n) is 4.59. The Kier molecular flexibility index (Phi) is 3.92. The highest BCUT2D eigenvalue weighted by atomic mass is 32.2. The van der Waals surface area contributed by atoms with Gasteiger partial charge in [0.1, 0.15) is 0 Å². The molecule has 1 saturated heterocycles. The summed E-state index contributed by atoms with van der Waals surface area (Å²) in [7, 11) is 0. The number of amidine groups is 1. The molecule has 0 aromatic carbocycles. The standard InChI is InChI=1S/C11H20N2OS/c1-8(2)10-7-15-11(13-10)12-9-3-5-14-6-4-9/h8-10H,3-7H2,1-2H3,(H,12,13)/t10-/m1/s1. The molecule has 2 aliphatic rings. The van der Waals surface area contributed by atoms with E-state index in [9.17, 15) is 0 Å². The lowest BCUT2D eigenvalue weighted by Gasteiger charge is -2.23. The zero-order valence-electron chi connectivity index (χ0n) is 9.53. The minimum Gasteiger partial charge on any atom is -0.381 e. The van der Waals surface area contributed by atoms with Crippen molar-refractivity contribution in [3.63, 3.8) is 0 Å². The van der Waals surface area contributed by atoms with E-state index in [0.717, 1.165) is 37.0 Å². The minimum atomic E-state index is 0.511. The van der Waals surface area contributed by atoms with Crippen LogP contribution >= 0.6 is 11.8 Å². The van der Waals surface area contributed by atoms with Gasteiger partial charge in [0.25, 0.3) is 0 Å². The van der Waals surface area contributed by atoms with E-state index < -0.39 is 0 Å². The van der Waals surface area contributed by atoms with E-state index in [2.05, 4.69) is 19.2 Å². The van der Waals surface area contributed by atoms with Crippen LogP contribution in [0.2, 0.25) is 0 Å². The van der Waals surface area contributed by atoms with Crippen LogP contribution in [0.4, 0.5) is 0 Å². The summed E-state index contributed by atoms with van der Waals surface area (Å²) in [6.07, 6.45) is 2.23. The van der Waals surface area contributed by atoms with Crippen LogP contribution in [-0.2, 0) is 4.74 Å². The SMILES string of the molecule is CC(C)[C@H]1CSC(NC2CCOCC2)=N1. The maximum Gasteiger partial charge on any atom is 0.157 e. The largest absolute Gasteiger partial charge is 0.381 e. The molecule has 3 nitrogen and oxygen atoms in total. The Bertz CT molecular complexity index is 237. The van der Waals surface area contributed by atoms with Crippen LogP contribution in [-0.4, -0.2) is 36.2 Å². The van der Waals surface area contributed by atoms with Gasteiger partial charge < -0.3 is 10.1 Å². The van der Waals surface area contributed by atoms with Gasteiger partial charge in [-0.25, -0.2) is 0 Å². The summed E-state index contributed by atoms with van der Waals surface area (Å²) >= 11 is 1.87. The maximum atomic E-state index is 5.34. The summed E-state index contributed by atoms with van der Waals surface area (Å²) in [4.78, 5) is 4.71. The molecule has 4 heteroatoms. The lowest BCUT2D eigenvalue weighted by Crippen LogP contribution is -2.37. The van der Waals surface area contributed by atoms with Crippen molar-refractivity contribution in [2.24, 2.45) is 10.9 Å². The molecule has 86 valence electrons. The third-order valence-electron chi connectivity index (χ3n) is 2.99. The molecule has 0 bridgehead atoms. The maximum absolute atomic E-state index is 5.34. The van der Waals surface area contributed by atoms with Crippen LogP contribution in [0.1, 0.15) is 26.7 Å². The Morgan fingerprint density at radius 3 is 2.73 bits per heavy atom. The molecule has 2 aliphatic heterocycles. The summed E-state index contributed by atoms with van der Waals surface area (Å²) in [6.45, 7) is 6.27. The van der Waals surface area contributed by atoms with E-state index in [-0.39, 0.29) is 0 Å². The fourth-order valence-corrected chi connectivity index (χ4v) is 3.07. The summed E-state index contributed by atoms with van der Waals surface area (Å²) in [5.74, 6) is 1.80. The van der Waals surface area contributed by atoms with Gasteiger partial charge in [0.15, 0.2) is 5.17 Å². The number of hydrogen-bond acceptors (Lipinski definition) is 4. The van der Waals surface area contributed by atoms with Crippen LogP contribution in [0.15, 0.2) is 4.99 Å². The quantitative estimate of drug-likeness (QED) is 0.783. The molecule has 2 heterocycles. The Hall–Kier alpha value is -0.220. The zero-order valence-corrected chi connectivity index (χ0v) is 10.3. The van der Waals surface area contributed by atoms with Gasteiger partial charge >= 0.3 is 0 Å². The van der Waals surface area contributed by atoms with Crippen molar-refractivity contribution < 1.29 is 4.74 Å². The van der Waals surface area contributed by atoms with Crippen molar-refractivity contribution in [3.8, 4) is 0 Å². The fourth-order valence-electron chi connectivity index (χ4n) is 1.83. The predicted octanol–water partition coefficient (Wildman–Crippen LogP) is 1.88. The first kappa shape index (κ1) is 11.3. The van der Waals surface area contributed by atoms with Gasteiger partial charge in [-0.05, 0) is 18.8 Å². The van der Waals surface area contributed by atoms with Gasteiger partial charge in [0.2, 0.25) is 0 Å². The average molecular weight is 228 g/mol. The van der Waals surface area contributed by atoms with Crippen molar-refractivity contribution in [2.45, 2.75) is 38.8 Å². The first-order chi connectivity index (χ1) is 7.25. The molecule has 0 unspecified atom stereocenters. The van der Waals surface area contributed by atoms with Crippen LogP contribution in [0.3, 0.4) is 0 Å². The van der Waals surface area contributed by atoms with E-state index in [1.807, 2.05) is 11.8 Å². The summed E-state index contributed by atoms with van der Waals surface area (Å²) in [5.41, 5.74) is 0. The van der Waals surface area contributed by atoms with Gasteiger partial charge in [0.05, 0.1) is 6.04 Å². The lowest BCUT2D eigenvalue weighted by molar-refractivity contribution is 0.0826. The molecule has 2 rings (SSSR count). The molecule has 15 heavy (non-hydrogen) atoms. The lowest BCUT2D eigenvalue weighted by atomic mass is 10.1. The van der Waals surface area contributed by atoms with Crippen molar-refractivity contribution >= 4 is 16.9 Å². The van der Waals surface area contributed by atoms with E-state index >= 15 is 0 Å². The molecule has 0 saturated carbocycles. The highest BCUT2D eigenvalue weighted by Crippen LogP contribution is 2.23.